The topological polar surface area (TPSA) is 111 Å². The summed E-state index contributed by atoms with van der Waals surface area (Å²) in [6, 6.07) is 8.41. The van der Waals surface area contributed by atoms with Crippen LogP contribution in [0.5, 0.6) is 5.75 Å². The highest BCUT2D eigenvalue weighted by atomic mass is 32.2. The van der Waals surface area contributed by atoms with Crippen molar-refractivity contribution in [2.75, 3.05) is 19.0 Å². The summed E-state index contributed by atoms with van der Waals surface area (Å²) in [5.74, 6) is -0.581. The Morgan fingerprint density at radius 1 is 1.19 bits per heavy atom. The molecule has 1 unspecified atom stereocenters. The lowest BCUT2D eigenvalue weighted by Gasteiger charge is -2.14. The van der Waals surface area contributed by atoms with Gasteiger partial charge in [-0.2, -0.15) is 4.72 Å². The second-order valence-electron chi connectivity index (χ2n) is 5.15. The largest absolute Gasteiger partial charge is 0.482 e. The predicted molar refractivity (Wildman–Crippen MR) is 96.7 cm³/mol. The Labute approximate surface area is 155 Å². The molecule has 2 rings (SSSR count). The zero-order valence-corrected chi connectivity index (χ0v) is 15.7. The van der Waals surface area contributed by atoms with Crippen LogP contribution in [0.4, 0.5) is 5.69 Å². The number of rotatable bonds is 8. The zero-order chi connectivity index (χ0) is 19.2. The van der Waals surface area contributed by atoms with E-state index in [4.69, 9.17) is 4.74 Å². The van der Waals surface area contributed by atoms with Crippen LogP contribution in [0.25, 0.3) is 0 Å². The fourth-order valence-corrected chi connectivity index (χ4v) is 4.06. The van der Waals surface area contributed by atoms with Crippen LogP contribution in [-0.4, -0.2) is 40.1 Å². The number of carbonyl (C=O) groups is 2. The van der Waals surface area contributed by atoms with Gasteiger partial charge in [0.15, 0.2) is 6.61 Å². The third-order valence-corrected chi connectivity index (χ3v) is 6.13. The quantitative estimate of drug-likeness (QED) is 0.654. The Kier molecular flexibility index (Phi) is 6.72. The molecule has 1 aromatic heterocycles. The number of hydrogen-bond acceptors (Lipinski definition) is 7. The second-order valence-corrected chi connectivity index (χ2v) is 8.04. The number of anilines is 1. The van der Waals surface area contributed by atoms with E-state index in [1.165, 1.54) is 20.1 Å². The highest BCUT2D eigenvalue weighted by molar-refractivity contribution is 7.91. The number of esters is 1. The average molecular weight is 398 g/mol. The Bertz CT molecular complexity index is 847. The van der Waals surface area contributed by atoms with Gasteiger partial charge >= 0.3 is 5.97 Å². The van der Waals surface area contributed by atoms with Gasteiger partial charge in [-0.15, -0.1) is 11.3 Å². The fourth-order valence-electron chi connectivity index (χ4n) is 1.85. The first-order valence-corrected chi connectivity index (χ1v) is 9.84. The summed E-state index contributed by atoms with van der Waals surface area (Å²) >= 11 is 1.07. The summed E-state index contributed by atoms with van der Waals surface area (Å²) in [5.41, 5.74) is 0.461. The lowest BCUT2D eigenvalue weighted by molar-refractivity contribution is -0.142. The van der Waals surface area contributed by atoms with E-state index in [-0.39, 0.29) is 10.8 Å². The van der Waals surface area contributed by atoms with Crippen molar-refractivity contribution in [2.45, 2.75) is 17.2 Å². The van der Waals surface area contributed by atoms with Crippen LogP contribution in [0.15, 0.2) is 46.0 Å². The molecule has 1 aromatic carbocycles. The maximum Gasteiger partial charge on any atom is 0.343 e. The number of carbonyl (C=O) groups excluding carboxylic acids is 2. The van der Waals surface area contributed by atoms with E-state index in [9.17, 15) is 18.0 Å². The molecule has 1 atom stereocenters. The Hall–Kier alpha value is -2.43. The van der Waals surface area contributed by atoms with E-state index in [1.54, 1.807) is 35.7 Å². The summed E-state index contributed by atoms with van der Waals surface area (Å²) in [7, 11) is -2.47. The van der Waals surface area contributed by atoms with Crippen molar-refractivity contribution < 1.29 is 27.5 Å². The number of ether oxygens (including phenoxy) is 2. The first kappa shape index (κ1) is 19.9. The lowest BCUT2D eigenvalue weighted by atomic mass is 10.2. The minimum Gasteiger partial charge on any atom is -0.482 e. The predicted octanol–water partition coefficient (Wildman–Crippen LogP) is 1.61. The van der Waals surface area contributed by atoms with E-state index in [0.29, 0.717) is 11.4 Å². The number of thiophene rings is 1. The van der Waals surface area contributed by atoms with Gasteiger partial charge in [-0.25, -0.2) is 13.2 Å². The molecule has 0 aliphatic heterocycles. The van der Waals surface area contributed by atoms with Crippen molar-refractivity contribution in [3.05, 3.63) is 41.8 Å². The molecule has 0 aliphatic rings. The molecular formula is C16H18N2O6S2. The number of sulfonamides is 1. The number of hydrogen-bond donors (Lipinski definition) is 2. The van der Waals surface area contributed by atoms with Gasteiger partial charge in [-0.3, -0.25) is 4.79 Å². The summed E-state index contributed by atoms with van der Waals surface area (Å²) in [6.45, 7) is 1.23. The van der Waals surface area contributed by atoms with Crippen LogP contribution in [0, 0.1) is 0 Å². The normalized spacial score (nSPS) is 12.2. The number of benzene rings is 1. The Morgan fingerprint density at radius 2 is 1.88 bits per heavy atom. The smallest absolute Gasteiger partial charge is 0.343 e. The van der Waals surface area contributed by atoms with Gasteiger partial charge in [0.1, 0.15) is 9.96 Å². The van der Waals surface area contributed by atoms with Crippen molar-refractivity contribution >= 4 is 38.9 Å². The molecule has 10 heteroatoms. The van der Waals surface area contributed by atoms with E-state index in [1.807, 2.05) is 0 Å². The van der Waals surface area contributed by atoms with Crippen LogP contribution in [0.3, 0.4) is 0 Å². The van der Waals surface area contributed by atoms with Crippen LogP contribution < -0.4 is 14.8 Å². The minimum atomic E-state index is -3.73. The summed E-state index contributed by atoms with van der Waals surface area (Å²) in [4.78, 5) is 23.2. The van der Waals surface area contributed by atoms with Gasteiger partial charge in [0.05, 0.1) is 13.2 Å². The molecule has 8 nitrogen and oxygen atoms in total. The van der Waals surface area contributed by atoms with Gasteiger partial charge < -0.3 is 14.8 Å². The van der Waals surface area contributed by atoms with Gasteiger partial charge in [-0.05, 0) is 42.6 Å². The Morgan fingerprint density at radius 3 is 2.46 bits per heavy atom. The molecule has 0 fully saturated rings. The van der Waals surface area contributed by atoms with Crippen LogP contribution in [0.2, 0.25) is 0 Å². The van der Waals surface area contributed by atoms with Crippen LogP contribution in [-0.2, 0) is 24.3 Å². The number of methoxy groups -OCH3 is 1. The molecule has 1 heterocycles. The molecule has 0 saturated heterocycles. The maximum absolute atomic E-state index is 12.2. The van der Waals surface area contributed by atoms with Crippen LogP contribution >= 0.6 is 11.3 Å². The monoisotopic (exact) mass is 398 g/mol. The fraction of sp³-hybridized carbons (Fsp3) is 0.250. The average Bonchev–Trinajstić information content (AvgIpc) is 3.16. The lowest BCUT2D eigenvalue weighted by Crippen LogP contribution is -2.41. The molecule has 0 saturated carbocycles. The van der Waals surface area contributed by atoms with E-state index in [2.05, 4.69) is 14.8 Å². The van der Waals surface area contributed by atoms with Crippen molar-refractivity contribution in [1.29, 1.82) is 0 Å². The molecule has 1 amide bonds. The summed E-state index contributed by atoms with van der Waals surface area (Å²) < 4.78 is 36.4. The SMILES string of the molecule is COC(=O)COc1ccc(NC(=O)C(C)NS(=O)(=O)c2cccs2)cc1. The molecule has 26 heavy (non-hydrogen) atoms. The highest BCUT2D eigenvalue weighted by Gasteiger charge is 2.22. The molecule has 0 radical (unpaired) electrons. The van der Waals surface area contributed by atoms with Crippen LogP contribution in [0.1, 0.15) is 6.92 Å². The third-order valence-electron chi connectivity index (χ3n) is 3.19. The maximum atomic E-state index is 12.2. The van der Waals surface area contributed by atoms with Gasteiger partial charge in [-0.1, -0.05) is 6.07 Å². The van der Waals surface area contributed by atoms with Gasteiger partial charge in [0.2, 0.25) is 5.91 Å². The van der Waals surface area contributed by atoms with Crippen molar-refractivity contribution in [2.24, 2.45) is 0 Å². The minimum absolute atomic E-state index is 0.143. The zero-order valence-electron chi connectivity index (χ0n) is 14.1. The molecule has 2 N–H and O–H groups in total. The second kappa shape index (κ2) is 8.79. The first-order chi connectivity index (χ1) is 12.3. The van der Waals surface area contributed by atoms with Gasteiger partial charge in [0, 0.05) is 5.69 Å². The highest BCUT2D eigenvalue weighted by Crippen LogP contribution is 2.17. The first-order valence-electron chi connectivity index (χ1n) is 7.48. The molecular weight excluding hydrogens is 380 g/mol. The third kappa shape index (κ3) is 5.55. The van der Waals surface area contributed by atoms with Crippen molar-refractivity contribution in [3.8, 4) is 5.75 Å². The standard InChI is InChI=1S/C16H18N2O6S2/c1-11(18-26(21,22)15-4-3-9-25-15)16(20)17-12-5-7-13(8-6-12)24-10-14(19)23-2/h3-9,11,18H,10H2,1-2H3,(H,17,20). The molecule has 0 spiro atoms. The van der Waals surface area contributed by atoms with Crippen molar-refractivity contribution in [3.63, 3.8) is 0 Å². The summed E-state index contributed by atoms with van der Waals surface area (Å²) in [6.07, 6.45) is 0. The number of nitrogens with one attached hydrogen (secondary N) is 2. The molecule has 0 bridgehead atoms. The molecule has 2 aromatic rings. The van der Waals surface area contributed by atoms with E-state index >= 15 is 0 Å². The number of amides is 1. The van der Waals surface area contributed by atoms with Crippen molar-refractivity contribution in [1.82, 2.24) is 4.72 Å². The van der Waals surface area contributed by atoms with E-state index < -0.39 is 27.9 Å². The molecule has 0 aliphatic carbocycles. The Balaban J connectivity index is 1.91. The molecule has 140 valence electrons. The van der Waals surface area contributed by atoms with E-state index in [0.717, 1.165) is 11.3 Å². The summed E-state index contributed by atoms with van der Waals surface area (Å²) in [5, 5.41) is 4.25. The van der Waals surface area contributed by atoms with Gasteiger partial charge in [0.25, 0.3) is 10.0 Å².